The van der Waals surface area contributed by atoms with Gasteiger partial charge in [-0.2, -0.15) is 0 Å². The van der Waals surface area contributed by atoms with Crippen molar-refractivity contribution < 1.29 is 0 Å². The molecule has 0 aromatic rings. The van der Waals surface area contributed by atoms with Crippen LogP contribution in [0.2, 0.25) is 0 Å². The van der Waals surface area contributed by atoms with Gasteiger partial charge in [-0.25, -0.2) is 0 Å². The Hall–Kier alpha value is 1.20. The molecular formula is C4H5I2. The molecule has 0 saturated heterocycles. The molecule has 0 fully saturated rings. The van der Waals surface area contributed by atoms with Crippen molar-refractivity contribution in [1.82, 2.24) is 0 Å². The highest BCUT2D eigenvalue weighted by Crippen LogP contribution is 2.10. The molecule has 0 heterocycles. The highest BCUT2D eigenvalue weighted by molar-refractivity contribution is 14.1. The Kier molecular flexibility index (Phi) is 5.23. The van der Waals surface area contributed by atoms with Crippen LogP contribution in [0.25, 0.3) is 0 Å². The van der Waals surface area contributed by atoms with Gasteiger partial charge in [0.25, 0.3) is 0 Å². The largest absolute Gasteiger partial charge is 0.0608 e. The van der Waals surface area contributed by atoms with Crippen molar-refractivity contribution in [2.45, 2.75) is 13.3 Å². The fourth-order valence-electron chi connectivity index (χ4n) is 0.0668. The summed E-state index contributed by atoms with van der Waals surface area (Å²) in [7, 11) is 0. The van der Waals surface area contributed by atoms with Crippen molar-refractivity contribution in [3.05, 3.63) is 7.66 Å². The van der Waals surface area contributed by atoms with Gasteiger partial charge in [0, 0.05) is 7.66 Å². The zero-order valence-electron chi connectivity index (χ0n) is 3.46. The molecule has 0 saturated carbocycles. The van der Waals surface area contributed by atoms with Crippen molar-refractivity contribution in [1.29, 1.82) is 0 Å². The molecule has 2 heteroatoms. The summed E-state index contributed by atoms with van der Waals surface area (Å²) in [5.74, 6) is 0. The average Bonchev–Trinajstić information content (AvgIpc) is 1.65. The van der Waals surface area contributed by atoms with Crippen molar-refractivity contribution >= 4 is 45.2 Å². The lowest BCUT2D eigenvalue weighted by atomic mass is 10.5. The van der Waals surface area contributed by atoms with Crippen LogP contribution in [-0.4, -0.2) is 0 Å². The fraction of sp³-hybridized carbons (Fsp3) is 0.500. The summed E-state index contributed by atoms with van der Waals surface area (Å²) in [6.07, 6.45) is 1.11. The van der Waals surface area contributed by atoms with E-state index < -0.39 is 0 Å². The van der Waals surface area contributed by atoms with Crippen LogP contribution < -0.4 is 0 Å². The van der Waals surface area contributed by atoms with Crippen molar-refractivity contribution in [2.75, 3.05) is 0 Å². The fourth-order valence-corrected chi connectivity index (χ4v) is 0.448. The van der Waals surface area contributed by atoms with Crippen LogP contribution in [0.15, 0.2) is 3.58 Å². The maximum Gasteiger partial charge on any atom is 0.0363 e. The molecule has 0 N–H and O–H groups in total. The summed E-state index contributed by atoms with van der Waals surface area (Å²) in [5, 5.41) is 0. The van der Waals surface area contributed by atoms with E-state index >= 15 is 0 Å². The van der Waals surface area contributed by atoms with Crippen LogP contribution in [0.3, 0.4) is 0 Å². The summed E-state index contributed by atoms with van der Waals surface area (Å²) < 4.78 is 4.29. The second-order valence-corrected chi connectivity index (χ2v) is 2.69. The minimum Gasteiger partial charge on any atom is -0.0608 e. The van der Waals surface area contributed by atoms with Crippen molar-refractivity contribution in [2.24, 2.45) is 0 Å². The third-order valence-corrected chi connectivity index (χ3v) is 3.13. The number of hydrogen-bond acceptors (Lipinski definition) is 0. The maximum absolute atomic E-state index is 2.99. The second kappa shape index (κ2) is 4.36. The van der Waals surface area contributed by atoms with Crippen molar-refractivity contribution in [3.63, 3.8) is 0 Å². The summed E-state index contributed by atoms with van der Waals surface area (Å²) in [5.41, 5.74) is 0. The third kappa shape index (κ3) is 3.39. The molecule has 0 atom stereocenters. The maximum atomic E-state index is 2.99. The van der Waals surface area contributed by atoms with Crippen LogP contribution >= 0.6 is 45.2 Å². The molecule has 0 unspecified atom stereocenters. The number of hydrogen-bond donors (Lipinski definition) is 0. The molecule has 0 aliphatic rings. The first kappa shape index (κ1) is 7.20. The first-order valence-electron chi connectivity index (χ1n) is 1.69. The topological polar surface area (TPSA) is 0 Å². The van der Waals surface area contributed by atoms with Gasteiger partial charge in [0.15, 0.2) is 0 Å². The first-order chi connectivity index (χ1) is 2.81. The van der Waals surface area contributed by atoms with Gasteiger partial charge < -0.3 is 0 Å². The lowest BCUT2D eigenvalue weighted by Crippen LogP contribution is -1.56. The van der Waals surface area contributed by atoms with Gasteiger partial charge in [-0.1, -0.05) is 6.92 Å². The van der Waals surface area contributed by atoms with E-state index in [0.717, 1.165) is 6.42 Å². The van der Waals surface area contributed by atoms with E-state index in [1.165, 1.54) is 3.58 Å². The van der Waals surface area contributed by atoms with Gasteiger partial charge in [-0.15, -0.1) is 0 Å². The molecule has 0 rings (SSSR count). The summed E-state index contributed by atoms with van der Waals surface area (Å²) >= 11 is 4.39. The number of rotatable bonds is 1. The highest BCUT2D eigenvalue weighted by atomic mass is 127. The average molecular weight is 307 g/mol. The number of halogens is 2. The van der Waals surface area contributed by atoms with E-state index in [-0.39, 0.29) is 0 Å². The zero-order chi connectivity index (χ0) is 4.99. The smallest absolute Gasteiger partial charge is 0.0363 e. The Morgan fingerprint density at radius 1 is 1.83 bits per heavy atom. The highest BCUT2D eigenvalue weighted by Gasteiger charge is 1.78. The molecule has 0 aliphatic heterocycles. The van der Waals surface area contributed by atoms with Crippen LogP contribution in [0.1, 0.15) is 13.3 Å². The molecule has 0 aromatic carbocycles. The second-order valence-electron chi connectivity index (χ2n) is 0.853. The zero-order valence-corrected chi connectivity index (χ0v) is 7.78. The van der Waals surface area contributed by atoms with Crippen LogP contribution in [-0.2, 0) is 0 Å². The van der Waals surface area contributed by atoms with Gasteiger partial charge in [0.2, 0.25) is 0 Å². The Labute approximate surface area is 65.7 Å². The minimum atomic E-state index is 1.11. The summed E-state index contributed by atoms with van der Waals surface area (Å²) in [6, 6.07) is 0. The van der Waals surface area contributed by atoms with Crippen molar-refractivity contribution in [3.8, 4) is 0 Å². The standard InChI is InChI=1S/C4H5I2/c1-2-4(6)3-5/h2H2,1H3. The number of allylic oxidation sites excluding steroid dienone is 1. The van der Waals surface area contributed by atoms with Gasteiger partial charge in [0.05, 0.1) is 0 Å². The van der Waals surface area contributed by atoms with Gasteiger partial charge in [-0.05, 0) is 51.6 Å². The normalized spacial score (nSPS) is 12.2. The molecule has 0 nitrogen and oxygen atoms in total. The Morgan fingerprint density at radius 2 is 2.33 bits per heavy atom. The predicted molar refractivity (Wildman–Crippen MR) is 45.1 cm³/mol. The summed E-state index contributed by atoms with van der Waals surface area (Å²) in [4.78, 5) is 0. The Balaban J connectivity index is 3.22. The molecule has 0 amide bonds. The van der Waals surface area contributed by atoms with Gasteiger partial charge >= 0.3 is 0 Å². The first-order valence-corrected chi connectivity index (χ1v) is 3.85. The lowest BCUT2D eigenvalue weighted by molar-refractivity contribution is 1.22. The lowest BCUT2D eigenvalue weighted by Gasteiger charge is -1.80. The van der Waals surface area contributed by atoms with E-state index in [2.05, 4.69) is 56.2 Å². The van der Waals surface area contributed by atoms with E-state index in [1.807, 2.05) is 0 Å². The van der Waals surface area contributed by atoms with Crippen LogP contribution in [0, 0.1) is 4.08 Å². The predicted octanol–water partition coefficient (Wildman–Crippen LogP) is 2.91. The van der Waals surface area contributed by atoms with Crippen LogP contribution in [0.4, 0.5) is 0 Å². The summed E-state index contributed by atoms with van der Waals surface area (Å²) in [6.45, 7) is 2.12. The molecule has 6 heavy (non-hydrogen) atoms. The molecule has 0 bridgehead atoms. The van der Waals surface area contributed by atoms with E-state index in [0.29, 0.717) is 0 Å². The van der Waals surface area contributed by atoms with E-state index in [4.69, 9.17) is 0 Å². The van der Waals surface area contributed by atoms with Gasteiger partial charge in [0.1, 0.15) is 0 Å². The Morgan fingerprint density at radius 3 is 2.33 bits per heavy atom. The molecule has 0 aliphatic carbocycles. The van der Waals surface area contributed by atoms with Crippen LogP contribution in [0.5, 0.6) is 0 Å². The molecule has 0 spiro atoms. The molecule has 35 valence electrons. The monoisotopic (exact) mass is 307 g/mol. The molecule has 0 aromatic heterocycles. The minimum absolute atomic E-state index is 1.11. The van der Waals surface area contributed by atoms with Gasteiger partial charge in [-0.3, -0.25) is 0 Å². The quantitative estimate of drug-likeness (QED) is 0.654. The molecular weight excluding hydrogens is 302 g/mol. The SMILES string of the molecule is CC/C(I)=[C]\I. The Bertz CT molecular complexity index is 56.6. The molecule has 1 radical (unpaired) electrons. The third-order valence-electron chi connectivity index (χ3n) is 0.413. The van der Waals surface area contributed by atoms with E-state index in [1.54, 1.807) is 0 Å². The van der Waals surface area contributed by atoms with E-state index in [9.17, 15) is 0 Å².